The van der Waals surface area contributed by atoms with Gasteiger partial charge in [0.2, 0.25) is 5.91 Å². The number of benzene rings is 2. The van der Waals surface area contributed by atoms with Gasteiger partial charge in [0.05, 0.1) is 17.4 Å². The molecule has 2 aromatic carbocycles. The van der Waals surface area contributed by atoms with Gasteiger partial charge in [-0.1, -0.05) is 29.8 Å². The summed E-state index contributed by atoms with van der Waals surface area (Å²) in [5, 5.41) is 22.2. The lowest BCUT2D eigenvalue weighted by atomic mass is 10.00. The summed E-state index contributed by atoms with van der Waals surface area (Å²) in [5.41, 5.74) is 7.21. The van der Waals surface area contributed by atoms with Gasteiger partial charge in [-0.15, -0.1) is 0 Å². The Bertz CT molecular complexity index is 1760. The van der Waals surface area contributed by atoms with Gasteiger partial charge in [-0.05, 0) is 81.6 Å². The van der Waals surface area contributed by atoms with Crippen LogP contribution in [0.15, 0.2) is 67.1 Å². The molecule has 2 amide bonds. The van der Waals surface area contributed by atoms with E-state index in [-0.39, 0.29) is 17.9 Å². The highest BCUT2D eigenvalue weighted by Crippen LogP contribution is 2.29. The summed E-state index contributed by atoms with van der Waals surface area (Å²) in [7, 11) is 1.67. The van der Waals surface area contributed by atoms with Crippen LogP contribution < -0.4 is 10.6 Å². The summed E-state index contributed by atoms with van der Waals surface area (Å²) in [6, 6.07) is 13.9. The Morgan fingerprint density at radius 2 is 1.72 bits per heavy atom. The fourth-order valence-corrected chi connectivity index (χ4v) is 5.13. The zero-order chi connectivity index (χ0) is 30.9. The number of aryl methyl sites for hydroxylation is 3. The number of carbonyl (C=O) groups is 2. The molecule has 0 aliphatic rings. The molecule has 3 heterocycles. The predicted octanol–water partition coefficient (Wildman–Crippen LogP) is 5.68. The van der Waals surface area contributed by atoms with Crippen molar-refractivity contribution in [2.75, 3.05) is 5.32 Å². The number of hydrogen-bond acceptors (Lipinski definition) is 5. The van der Waals surface area contributed by atoms with E-state index >= 15 is 0 Å². The molecular formula is C32H35ClN8O2. The van der Waals surface area contributed by atoms with E-state index in [2.05, 4.69) is 51.8 Å². The number of hydrogen-bond donors (Lipinski definition) is 3. The van der Waals surface area contributed by atoms with E-state index in [1.165, 1.54) is 10.9 Å². The Kier molecular flexibility index (Phi) is 8.23. The lowest BCUT2D eigenvalue weighted by Crippen LogP contribution is -2.45. The van der Waals surface area contributed by atoms with Crippen molar-refractivity contribution in [1.82, 2.24) is 35.1 Å². The van der Waals surface area contributed by atoms with E-state index in [0.29, 0.717) is 16.4 Å². The summed E-state index contributed by atoms with van der Waals surface area (Å²) in [6.45, 7) is 10.2. The third kappa shape index (κ3) is 6.54. The molecule has 0 saturated heterocycles. The summed E-state index contributed by atoms with van der Waals surface area (Å²) in [5.74, 6) is -0.791. The number of aromatic amines is 1. The fraction of sp³-hybridized carbons (Fsp3) is 0.281. The molecule has 222 valence electrons. The average Bonchev–Trinajstić information content (AvgIpc) is 3.70. The number of rotatable bonds is 8. The number of anilines is 1. The molecule has 5 aromatic rings. The highest BCUT2D eigenvalue weighted by atomic mass is 35.5. The Morgan fingerprint density at radius 3 is 2.33 bits per heavy atom. The Labute approximate surface area is 255 Å². The second kappa shape index (κ2) is 11.9. The van der Waals surface area contributed by atoms with E-state index in [1.807, 2.05) is 67.3 Å². The minimum Gasteiger partial charge on any atom is -0.339 e. The van der Waals surface area contributed by atoms with Crippen LogP contribution in [-0.4, -0.2) is 47.6 Å². The van der Waals surface area contributed by atoms with Crippen molar-refractivity contribution >= 4 is 29.1 Å². The fourth-order valence-electron chi connectivity index (χ4n) is 4.93. The molecule has 10 nitrogen and oxygen atoms in total. The van der Waals surface area contributed by atoms with E-state index in [1.54, 1.807) is 19.2 Å². The van der Waals surface area contributed by atoms with Crippen LogP contribution in [0.4, 0.5) is 5.69 Å². The zero-order valence-electron chi connectivity index (χ0n) is 25.1. The second-order valence-electron chi connectivity index (χ2n) is 11.6. The van der Waals surface area contributed by atoms with Gasteiger partial charge in [-0.2, -0.15) is 15.3 Å². The molecule has 0 saturated carbocycles. The SMILES string of the molecule is Cc1n[nH]c(C)c1-c1ccc(NC(=O)[C@H](Cc2cc(-c3cnn(C(C)(C)C)c3)ccc2Cl)NC(=O)c2ccnn2C)cc1. The minimum absolute atomic E-state index is 0.166. The highest BCUT2D eigenvalue weighted by molar-refractivity contribution is 6.31. The van der Waals surface area contributed by atoms with Crippen molar-refractivity contribution in [1.29, 1.82) is 0 Å². The first-order chi connectivity index (χ1) is 20.4. The highest BCUT2D eigenvalue weighted by Gasteiger charge is 2.25. The standard InChI is InChI=1S/C32H35ClN8O2/c1-19-29(20(2)39-38-19)21-7-10-25(11-8-21)36-30(42)27(37-31(43)28-13-14-34-40(28)6)16-23-15-22(9-12-26(23)33)24-17-35-41(18-24)32(3,4)5/h7-15,17-18,27H,16H2,1-6H3,(H,36,42)(H,37,43)(H,38,39)/t27-/m0/s1. The van der Waals surface area contributed by atoms with Gasteiger partial charge in [0, 0.05) is 53.4 Å². The summed E-state index contributed by atoms with van der Waals surface area (Å²) >= 11 is 6.64. The monoisotopic (exact) mass is 598 g/mol. The van der Waals surface area contributed by atoms with Crippen LogP contribution in [0, 0.1) is 13.8 Å². The number of carbonyl (C=O) groups excluding carboxylic acids is 2. The van der Waals surface area contributed by atoms with Gasteiger partial charge in [-0.25, -0.2) is 0 Å². The first-order valence-corrected chi connectivity index (χ1v) is 14.3. The van der Waals surface area contributed by atoms with Crippen molar-refractivity contribution in [2.24, 2.45) is 7.05 Å². The number of H-pyrrole nitrogens is 1. The average molecular weight is 599 g/mol. The van der Waals surface area contributed by atoms with Gasteiger partial charge in [-0.3, -0.25) is 24.1 Å². The molecule has 43 heavy (non-hydrogen) atoms. The van der Waals surface area contributed by atoms with Crippen LogP contribution >= 0.6 is 11.6 Å². The first-order valence-electron chi connectivity index (χ1n) is 14.0. The van der Waals surface area contributed by atoms with Gasteiger partial charge >= 0.3 is 0 Å². The lowest BCUT2D eigenvalue weighted by Gasteiger charge is -2.20. The molecular weight excluding hydrogens is 564 g/mol. The van der Waals surface area contributed by atoms with E-state index in [4.69, 9.17) is 11.6 Å². The van der Waals surface area contributed by atoms with Crippen molar-refractivity contribution < 1.29 is 9.59 Å². The number of nitrogens with zero attached hydrogens (tertiary/aromatic N) is 5. The predicted molar refractivity (Wildman–Crippen MR) is 168 cm³/mol. The molecule has 1 atom stereocenters. The van der Waals surface area contributed by atoms with Crippen molar-refractivity contribution in [2.45, 2.75) is 52.6 Å². The third-order valence-corrected chi connectivity index (χ3v) is 7.69. The van der Waals surface area contributed by atoms with Crippen LogP contribution in [-0.2, 0) is 23.8 Å². The van der Waals surface area contributed by atoms with E-state index < -0.39 is 11.9 Å². The number of amides is 2. The minimum atomic E-state index is -0.925. The maximum Gasteiger partial charge on any atom is 0.270 e. The molecule has 0 fully saturated rings. The van der Waals surface area contributed by atoms with Gasteiger partial charge in [0.1, 0.15) is 11.7 Å². The second-order valence-corrected chi connectivity index (χ2v) is 12.0. The maximum absolute atomic E-state index is 13.7. The molecule has 0 spiro atoms. The molecule has 3 N–H and O–H groups in total. The molecule has 0 aliphatic heterocycles. The van der Waals surface area contributed by atoms with Gasteiger partial charge in [0.15, 0.2) is 0 Å². The smallest absolute Gasteiger partial charge is 0.270 e. The van der Waals surface area contributed by atoms with Crippen molar-refractivity contribution in [3.05, 3.63) is 94.8 Å². The van der Waals surface area contributed by atoms with E-state index in [0.717, 1.165) is 39.2 Å². The molecule has 0 radical (unpaired) electrons. The number of aromatic nitrogens is 6. The Balaban J connectivity index is 1.41. The molecule has 3 aromatic heterocycles. The molecule has 0 aliphatic carbocycles. The molecule has 11 heteroatoms. The van der Waals surface area contributed by atoms with E-state index in [9.17, 15) is 9.59 Å². The normalized spacial score (nSPS) is 12.3. The quantitative estimate of drug-likeness (QED) is 0.212. The molecule has 0 bridgehead atoms. The van der Waals surface area contributed by atoms with Gasteiger partial charge < -0.3 is 10.6 Å². The number of nitrogens with one attached hydrogen (secondary N) is 3. The third-order valence-electron chi connectivity index (χ3n) is 7.32. The lowest BCUT2D eigenvalue weighted by molar-refractivity contribution is -0.118. The van der Waals surface area contributed by atoms with Crippen LogP contribution in [0.2, 0.25) is 5.02 Å². The summed E-state index contributed by atoms with van der Waals surface area (Å²) < 4.78 is 3.37. The van der Waals surface area contributed by atoms with Crippen molar-refractivity contribution in [3.63, 3.8) is 0 Å². The maximum atomic E-state index is 13.7. The Morgan fingerprint density at radius 1 is 1.00 bits per heavy atom. The topological polar surface area (TPSA) is 123 Å². The summed E-state index contributed by atoms with van der Waals surface area (Å²) in [6.07, 6.45) is 5.49. The molecule has 0 unspecified atom stereocenters. The largest absolute Gasteiger partial charge is 0.339 e. The van der Waals surface area contributed by atoms with Crippen LogP contribution in [0.5, 0.6) is 0 Å². The van der Waals surface area contributed by atoms with Crippen LogP contribution in [0.25, 0.3) is 22.3 Å². The molecule has 5 rings (SSSR count). The zero-order valence-corrected chi connectivity index (χ0v) is 25.8. The van der Waals surface area contributed by atoms with Crippen LogP contribution in [0.1, 0.15) is 48.2 Å². The number of halogens is 1. The first kappa shape index (κ1) is 29.8. The van der Waals surface area contributed by atoms with Gasteiger partial charge in [0.25, 0.3) is 5.91 Å². The van der Waals surface area contributed by atoms with Crippen LogP contribution in [0.3, 0.4) is 0 Å². The summed E-state index contributed by atoms with van der Waals surface area (Å²) in [4.78, 5) is 26.9. The van der Waals surface area contributed by atoms with Crippen molar-refractivity contribution in [3.8, 4) is 22.3 Å². The Hall–Kier alpha value is -4.70.